The molecule has 0 atom stereocenters. The molecular weight excluding hydrogens is 306 g/mol. The van der Waals surface area contributed by atoms with Crippen molar-refractivity contribution in [3.63, 3.8) is 0 Å². The maximum atomic E-state index is 11.4. The van der Waals surface area contributed by atoms with E-state index in [1.54, 1.807) is 19.2 Å². The predicted molar refractivity (Wildman–Crippen MR) is 92.1 cm³/mol. The summed E-state index contributed by atoms with van der Waals surface area (Å²) in [6.07, 6.45) is 0. The van der Waals surface area contributed by atoms with Crippen molar-refractivity contribution in [3.8, 4) is 5.75 Å². The van der Waals surface area contributed by atoms with Crippen molar-refractivity contribution >= 4 is 5.97 Å². The molecule has 0 aliphatic heterocycles. The van der Waals surface area contributed by atoms with E-state index in [0.717, 1.165) is 30.0 Å². The largest absolute Gasteiger partial charge is 0.489 e. The molecule has 2 rings (SSSR count). The Balaban J connectivity index is 1.92. The third kappa shape index (κ3) is 5.37. The van der Waals surface area contributed by atoms with E-state index in [4.69, 9.17) is 9.47 Å². The van der Waals surface area contributed by atoms with Crippen molar-refractivity contribution < 1.29 is 19.0 Å². The number of methoxy groups -OCH3 is 2. The Kier molecular flexibility index (Phi) is 7.26. The molecule has 24 heavy (non-hydrogen) atoms. The lowest BCUT2D eigenvalue weighted by atomic mass is 10.1. The van der Waals surface area contributed by atoms with Crippen molar-refractivity contribution in [1.29, 1.82) is 0 Å². The Morgan fingerprint density at radius 2 is 1.79 bits per heavy atom. The van der Waals surface area contributed by atoms with Gasteiger partial charge in [-0.1, -0.05) is 30.3 Å². The molecule has 0 aliphatic rings. The van der Waals surface area contributed by atoms with Gasteiger partial charge in [0.2, 0.25) is 0 Å². The second-order valence-electron chi connectivity index (χ2n) is 5.25. The summed E-state index contributed by atoms with van der Waals surface area (Å²) >= 11 is 0. The van der Waals surface area contributed by atoms with E-state index in [0.29, 0.717) is 18.8 Å². The van der Waals surface area contributed by atoms with Crippen molar-refractivity contribution in [1.82, 2.24) is 5.32 Å². The van der Waals surface area contributed by atoms with Gasteiger partial charge < -0.3 is 19.5 Å². The van der Waals surface area contributed by atoms with E-state index in [9.17, 15) is 4.79 Å². The summed E-state index contributed by atoms with van der Waals surface area (Å²) < 4.78 is 15.6. The van der Waals surface area contributed by atoms with Crippen LogP contribution in [0, 0.1) is 0 Å². The van der Waals surface area contributed by atoms with Crippen LogP contribution in [0.1, 0.15) is 21.5 Å². The molecule has 0 saturated heterocycles. The minimum Gasteiger partial charge on any atom is -0.489 e. The van der Waals surface area contributed by atoms with Crippen LogP contribution in [-0.4, -0.2) is 33.3 Å². The lowest BCUT2D eigenvalue weighted by Crippen LogP contribution is -2.19. The van der Waals surface area contributed by atoms with Crippen LogP contribution < -0.4 is 10.1 Å². The Morgan fingerprint density at radius 1 is 1.04 bits per heavy atom. The second kappa shape index (κ2) is 9.70. The fourth-order valence-corrected chi connectivity index (χ4v) is 2.20. The zero-order valence-electron chi connectivity index (χ0n) is 14.1. The molecule has 0 aromatic heterocycles. The number of hydrogen-bond donors (Lipinski definition) is 1. The van der Waals surface area contributed by atoms with Crippen LogP contribution in [0.5, 0.6) is 5.75 Å². The molecule has 0 amide bonds. The second-order valence-corrected chi connectivity index (χ2v) is 5.25. The molecule has 0 aliphatic carbocycles. The number of benzene rings is 2. The molecule has 0 saturated carbocycles. The van der Waals surface area contributed by atoms with Gasteiger partial charge in [0.15, 0.2) is 0 Å². The Bertz CT molecular complexity index is 640. The molecule has 128 valence electrons. The molecular formula is C19H23NO4. The summed E-state index contributed by atoms with van der Waals surface area (Å²) in [5.41, 5.74) is 2.62. The maximum Gasteiger partial charge on any atom is 0.337 e. The highest BCUT2D eigenvalue weighted by Gasteiger charge is 2.06. The van der Waals surface area contributed by atoms with Crippen molar-refractivity contribution in [3.05, 3.63) is 65.2 Å². The number of hydrogen-bond acceptors (Lipinski definition) is 5. The maximum absolute atomic E-state index is 11.4. The van der Waals surface area contributed by atoms with Gasteiger partial charge in [0.25, 0.3) is 0 Å². The van der Waals surface area contributed by atoms with Gasteiger partial charge in [-0.15, -0.1) is 0 Å². The molecule has 5 nitrogen and oxygen atoms in total. The van der Waals surface area contributed by atoms with Gasteiger partial charge in [-0.25, -0.2) is 4.79 Å². The van der Waals surface area contributed by atoms with Crippen LogP contribution in [0.25, 0.3) is 0 Å². The Morgan fingerprint density at radius 3 is 2.50 bits per heavy atom. The number of ether oxygens (including phenoxy) is 3. The summed E-state index contributed by atoms with van der Waals surface area (Å²) in [6, 6.07) is 15.1. The van der Waals surface area contributed by atoms with Crippen LogP contribution >= 0.6 is 0 Å². The summed E-state index contributed by atoms with van der Waals surface area (Å²) in [4.78, 5) is 11.4. The standard InChI is InChI=1S/C19H23NO4/c1-22-12-11-20-13-17-5-3-4-6-18(17)24-14-15-7-9-16(10-8-15)19(21)23-2/h3-10,20H,11-14H2,1-2H3. The quantitative estimate of drug-likeness (QED) is 0.566. The van der Waals surface area contributed by atoms with Crippen LogP contribution in [0.4, 0.5) is 0 Å². The van der Waals surface area contributed by atoms with E-state index >= 15 is 0 Å². The van der Waals surface area contributed by atoms with Crippen molar-refractivity contribution in [2.45, 2.75) is 13.2 Å². The summed E-state index contributed by atoms with van der Waals surface area (Å²) in [7, 11) is 3.06. The van der Waals surface area contributed by atoms with E-state index in [-0.39, 0.29) is 5.97 Å². The number of nitrogens with one attached hydrogen (secondary N) is 1. The lowest BCUT2D eigenvalue weighted by Gasteiger charge is -2.12. The Labute approximate surface area is 142 Å². The lowest BCUT2D eigenvalue weighted by molar-refractivity contribution is 0.0600. The molecule has 0 spiro atoms. The monoisotopic (exact) mass is 329 g/mol. The van der Waals surface area contributed by atoms with Crippen molar-refractivity contribution in [2.24, 2.45) is 0 Å². The molecule has 5 heteroatoms. The predicted octanol–water partition coefficient (Wildman–Crippen LogP) is 2.79. The number of carbonyl (C=O) groups excluding carboxylic acids is 1. The number of rotatable bonds is 9. The molecule has 1 N–H and O–H groups in total. The van der Waals surface area contributed by atoms with Crippen LogP contribution in [-0.2, 0) is 22.6 Å². The van der Waals surface area contributed by atoms with Gasteiger partial charge in [-0.3, -0.25) is 0 Å². The molecule has 2 aromatic rings. The average Bonchev–Trinajstić information content (AvgIpc) is 2.64. The number of carbonyl (C=O) groups is 1. The van der Waals surface area contributed by atoms with E-state index in [1.807, 2.05) is 36.4 Å². The minimum absolute atomic E-state index is 0.338. The number of para-hydroxylation sites is 1. The van der Waals surface area contributed by atoms with E-state index < -0.39 is 0 Å². The highest BCUT2D eigenvalue weighted by molar-refractivity contribution is 5.89. The smallest absolute Gasteiger partial charge is 0.337 e. The van der Waals surface area contributed by atoms with Gasteiger partial charge in [0.1, 0.15) is 12.4 Å². The molecule has 0 bridgehead atoms. The molecule has 2 aromatic carbocycles. The highest BCUT2D eigenvalue weighted by atomic mass is 16.5. The highest BCUT2D eigenvalue weighted by Crippen LogP contribution is 2.19. The van der Waals surface area contributed by atoms with Gasteiger partial charge in [-0.05, 0) is 23.8 Å². The zero-order chi connectivity index (χ0) is 17.2. The van der Waals surface area contributed by atoms with Gasteiger partial charge >= 0.3 is 5.97 Å². The normalized spacial score (nSPS) is 10.4. The van der Waals surface area contributed by atoms with E-state index in [2.05, 4.69) is 10.1 Å². The van der Waals surface area contributed by atoms with Gasteiger partial charge in [-0.2, -0.15) is 0 Å². The molecule has 0 heterocycles. The topological polar surface area (TPSA) is 56.8 Å². The van der Waals surface area contributed by atoms with Crippen LogP contribution in [0.3, 0.4) is 0 Å². The number of esters is 1. The van der Waals surface area contributed by atoms with E-state index in [1.165, 1.54) is 7.11 Å². The summed E-state index contributed by atoms with van der Waals surface area (Å²) in [6.45, 7) is 2.63. The van der Waals surface area contributed by atoms with Crippen LogP contribution in [0.2, 0.25) is 0 Å². The first-order valence-electron chi connectivity index (χ1n) is 7.82. The van der Waals surface area contributed by atoms with Gasteiger partial charge in [0, 0.05) is 25.8 Å². The fourth-order valence-electron chi connectivity index (χ4n) is 2.20. The zero-order valence-corrected chi connectivity index (χ0v) is 14.1. The minimum atomic E-state index is -0.338. The molecule has 0 unspecified atom stereocenters. The third-order valence-electron chi connectivity index (χ3n) is 3.54. The molecule has 0 fully saturated rings. The van der Waals surface area contributed by atoms with Gasteiger partial charge in [0.05, 0.1) is 19.3 Å². The summed E-state index contributed by atoms with van der Waals surface area (Å²) in [5.74, 6) is 0.509. The summed E-state index contributed by atoms with van der Waals surface area (Å²) in [5, 5.41) is 3.31. The SMILES string of the molecule is COCCNCc1ccccc1OCc1ccc(C(=O)OC)cc1. The first-order valence-corrected chi connectivity index (χ1v) is 7.82. The van der Waals surface area contributed by atoms with Crippen molar-refractivity contribution in [2.75, 3.05) is 27.4 Å². The first-order chi connectivity index (χ1) is 11.7. The third-order valence-corrected chi connectivity index (χ3v) is 3.54. The van der Waals surface area contributed by atoms with Crippen LogP contribution in [0.15, 0.2) is 48.5 Å². The first kappa shape index (κ1) is 18.0. The average molecular weight is 329 g/mol. The fraction of sp³-hybridized carbons (Fsp3) is 0.316. The Hall–Kier alpha value is -2.37. The molecule has 0 radical (unpaired) electrons.